The third kappa shape index (κ3) is 3.48. The zero-order valence-electron chi connectivity index (χ0n) is 11.8. The van der Waals surface area contributed by atoms with E-state index in [0.29, 0.717) is 15.4 Å². The number of nitrogens with zero attached hydrogens (tertiary/aromatic N) is 2. The molecular formula is C15H10BrF2N3OS. The predicted octanol–water partition coefficient (Wildman–Crippen LogP) is 5.42. The molecule has 0 bridgehead atoms. The Kier molecular flexibility index (Phi) is 4.53. The third-order valence-electron chi connectivity index (χ3n) is 2.83. The number of halogens is 3. The largest absolute Gasteiger partial charge is 0.450 e. The molecule has 4 nitrogen and oxygen atoms in total. The molecule has 0 amide bonds. The lowest BCUT2D eigenvalue weighted by atomic mass is 10.3. The summed E-state index contributed by atoms with van der Waals surface area (Å²) >= 11 is 4.76. The number of hydrogen-bond donors (Lipinski definition) is 1. The first-order chi connectivity index (χ1) is 11.0. The summed E-state index contributed by atoms with van der Waals surface area (Å²) in [6, 6.07) is 5.04. The average molecular weight is 398 g/mol. The van der Waals surface area contributed by atoms with E-state index >= 15 is 0 Å². The summed E-state index contributed by atoms with van der Waals surface area (Å²) in [5.41, 5.74) is 0.884. The maximum absolute atomic E-state index is 13.7. The van der Waals surface area contributed by atoms with E-state index in [0.717, 1.165) is 17.8 Å². The van der Waals surface area contributed by atoms with Gasteiger partial charge in [-0.3, -0.25) is 0 Å². The van der Waals surface area contributed by atoms with Crippen molar-refractivity contribution in [3.63, 3.8) is 0 Å². The molecule has 0 spiro atoms. The summed E-state index contributed by atoms with van der Waals surface area (Å²) in [6.07, 6.45) is 1.47. The topological polar surface area (TPSA) is 47.0 Å². The van der Waals surface area contributed by atoms with E-state index in [1.165, 1.54) is 29.7 Å². The molecule has 0 saturated carbocycles. The molecule has 0 unspecified atom stereocenters. The van der Waals surface area contributed by atoms with E-state index in [2.05, 4.69) is 31.2 Å². The van der Waals surface area contributed by atoms with Crippen molar-refractivity contribution in [1.29, 1.82) is 0 Å². The van der Waals surface area contributed by atoms with E-state index in [-0.39, 0.29) is 5.75 Å². The first-order valence-electron chi connectivity index (χ1n) is 6.50. The molecule has 0 saturated heterocycles. The fraction of sp³-hybridized carbons (Fsp3) is 0.0667. The monoisotopic (exact) mass is 397 g/mol. The van der Waals surface area contributed by atoms with Crippen molar-refractivity contribution in [3.05, 3.63) is 57.6 Å². The van der Waals surface area contributed by atoms with Crippen LogP contribution in [0.2, 0.25) is 0 Å². The average Bonchev–Trinajstić information content (AvgIpc) is 2.92. The van der Waals surface area contributed by atoms with Crippen LogP contribution in [0.15, 0.2) is 40.3 Å². The number of hydrogen-bond acceptors (Lipinski definition) is 5. The summed E-state index contributed by atoms with van der Waals surface area (Å²) in [5, 5.41) is 5.58. The van der Waals surface area contributed by atoms with Crippen molar-refractivity contribution >= 4 is 38.2 Å². The molecule has 1 aromatic carbocycles. The zero-order chi connectivity index (χ0) is 16.4. The number of nitrogens with one attached hydrogen (secondary N) is 1. The summed E-state index contributed by atoms with van der Waals surface area (Å²) in [4.78, 5) is 8.45. The van der Waals surface area contributed by atoms with Gasteiger partial charge in [0.1, 0.15) is 16.0 Å². The molecule has 1 N–H and O–H groups in total. The van der Waals surface area contributed by atoms with Crippen LogP contribution in [0.5, 0.6) is 11.5 Å². The van der Waals surface area contributed by atoms with Gasteiger partial charge in [-0.25, -0.2) is 18.7 Å². The zero-order valence-corrected chi connectivity index (χ0v) is 14.2. The third-order valence-corrected chi connectivity index (χ3v) is 4.47. The van der Waals surface area contributed by atoms with Crippen molar-refractivity contribution in [2.45, 2.75) is 6.92 Å². The van der Waals surface area contributed by atoms with Crippen molar-refractivity contribution in [1.82, 2.24) is 9.97 Å². The van der Waals surface area contributed by atoms with Crippen molar-refractivity contribution in [3.8, 4) is 11.5 Å². The highest BCUT2D eigenvalue weighted by atomic mass is 79.9. The smallest absolute Gasteiger partial charge is 0.198 e. The van der Waals surface area contributed by atoms with Crippen LogP contribution in [-0.4, -0.2) is 9.97 Å². The Bertz CT molecular complexity index is 836. The standard InChI is InChI=1S/C15H10BrF2N3OS/c1-8-7-23-15(20-8)21-14-12(16)11(5-6-19-14)22-13-9(17)3-2-4-10(13)18/h2-7H,1H3,(H,19,20,21). The van der Waals surface area contributed by atoms with E-state index < -0.39 is 17.4 Å². The van der Waals surface area contributed by atoms with E-state index in [1.807, 2.05) is 12.3 Å². The lowest BCUT2D eigenvalue weighted by Gasteiger charge is -2.11. The quantitative estimate of drug-likeness (QED) is 0.637. The molecule has 2 heterocycles. The molecule has 118 valence electrons. The lowest BCUT2D eigenvalue weighted by Crippen LogP contribution is -1.98. The van der Waals surface area contributed by atoms with Crippen LogP contribution in [-0.2, 0) is 0 Å². The van der Waals surface area contributed by atoms with Crippen LogP contribution >= 0.6 is 27.3 Å². The maximum Gasteiger partial charge on any atom is 0.198 e. The van der Waals surface area contributed by atoms with E-state index in [9.17, 15) is 8.78 Å². The Morgan fingerprint density at radius 3 is 2.61 bits per heavy atom. The SMILES string of the molecule is Cc1csc(Nc2nccc(Oc3c(F)cccc3F)c2Br)n1. The summed E-state index contributed by atoms with van der Waals surface area (Å²) in [5.74, 6) is -1.35. The lowest BCUT2D eigenvalue weighted by molar-refractivity contribution is 0.405. The molecule has 3 rings (SSSR count). The molecule has 0 aliphatic heterocycles. The number of aryl methyl sites for hydroxylation is 1. The number of para-hydroxylation sites is 1. The molecule has 0 atom stereocenters. The van der Waals surface area contributed by atoms with Gasteiger partial charge in [0.25, 0.3) is 0 Å². The summed E-state index contributed by atoms with van der Waals surface area (Å²) in [6.45, 7) is 1.88. The van der Waals surface area contributed by atoms with Crippen molar-refractivity contribution in [2.75, 3.05) is 5.32 Å². The predicted molar refractivity (Wildman–Crippen MR) is 88.5 cm³/mol. The van der Waals surface area contributed by atoms with E-state index in [4.69, 9.17) is 4.74 Å². The molecule has 0 aliphatic rings. The van der Waals surface area contributed by atoms with Gasteiger partial charge in [-0.05, 0) is 35.0 Å². The number of anilines is 2. The Labute approximate surface area is 143 Å². The first-order valence-corrected chi connectivity index (χ1v) is 8.17. The number of aromatic nitrogens is 2. The second-order valence-electron chi connectivity index (χ2n) is 4.54. The number of ether oxygens (including phenoxy) is 1. The minimum Gasteiger partial charge on any atom is -0.450 e. The second kappa shape index (κ2) is 6.59. The Hall–Kier alpha value is -2.06. The Balaban J connectivity index is 1.90. The highest BCUT2D eigenvalue weighted by molar-refractivity contribution is 9.10. The highest BCUT2D eigenvalue weighted by Gasteiger charge is 2.15. The van der Waals surface area contributed by atoms with Gasteiger partial charge >= 0.3 is 0 Å². The van der Waals surface area contributed by atoms with Crippen molar-refractivity contribution in [2.24, 2.45) is 0 Å². The molecule has 0 aliphatic carbocycles. The summed E-state index contributed by atoms with van der Waals surface area (Å²) in [7, 11) is 0. The highest BCUT2D eigenvalue weighted by Crippen LogP contribution is 2.37. The number of benzene rings is 1. The minimum absolute atomic E-state index is 0.236. The fourth-order valence-electron chi connectivity index (χ4n) is 1.79. The second-order valence-corrected chi connectivity index (χ2v) is 6.19. The van der Waals surface area contributed by atoms with Gasteiger partial charge in [-0.15, -0.1) is 11.3 Å². The molecular weight excluding hydrogens is 388 g/mol. The van der Waals surface area contributed by atoms with Gasteiger partial charge in [0, 0.05) is 17.6 Å². The van der Waals surface area contributed by atoms with Crippen LogP contribution in [0.3, 0.4) is 0 Å². The molecule has 8 heteroatoms. The van der Waals surface area contributed by atoms with Crippen LogP contribution in [0, 0.1) is 18.6 Å². The van der Waals surface area contributed by atoms with Gasteiger partial charge in [0.2, 0.25) is 0 Å². The maximum atomic E-state index is 13.7. The van der Waals surface area contributed by atoms with Crippen LogP contribution < -0.4 is 10.1 Å². The van der Waals surface area contributed by atoms with Crippen LogP contribution in [0.4, 0.5) is 19.7 Å². The molecule has 2 aromatic heterocycles. The molecule has 3 aromatic rings. The number of thiazole rings is 1. The Morgan fingerprint density at radius 2 is 1.96 bits per heavy atom. The van der Waals surface area contributed by atoms with Crippen molar-refractivity contribution < 1.29 is 13.5 Å². The first kappa shape index (κ1) is 15.8. The van der Waals surface area contributed by atoms with Gasteiger partial charge in [-0.1, -0.05) is 6.07 Å². The normalized spacial score (nSPS) is 10.6. The number of rotatable bonds is 4. The van der Waals surface area contributed by atoms with Gasteiger partial charge < -0.3 is 10.1 Å². The van der Waals surface area contributed by atoms with Crippen LogP contribution in [0.25, 0.3) is 0 Å². The molecule has 0 radical (unpaired) electrons. The van der Waals surface area contributed by atoms with Gasteiger partial charge in [0.05, 0.1) is 5.69 Å². The van der Waals surface area contributed by atoms with Gasteiger partial charge in [0.15, 0.2) is 22.5 Å². The summed E-state index contributed by atoms with van der Waals surface area (Å²) < 4.78 is 33.2. The molecule has 0 fully saturated rings. The molecule has 23 heavy (non-hydrogen) atoms. The fourth-order valence-corrected chi connectivity index (χ4v) is 2.90. The Morgan fingerprint density at radius 1 is 1.22 bits per heavy atom. The number of pyridine rings is 1. The minimum atomic E-state index is -0.779. The van der Waals surface area contributed by atoms with Gasteiger partial charge in [-0.2, -0.15) is 0 Å². The van der Waals surface area contributed by atoms with Crippen LogP contribution in [0.1, 0.15) is 5.69 Å². The van der Waals surface area contributed by atoms with E-state index in [1.54, 1.807) is 0 Å².